The van der Waals surface area contributed by atoms with Crippen molar-refractivity contribution in [2.75, 3.05) is 12.0 Å². The van der Waals surface area contributed by atoms with Crippen molar-refractivity contribution in [1.82, 2.24) is 0 Å². The number of hydrogen-bond acceptors (Lipinski definition) is 2. The Morgan fingerprint density at radius 3 is 2.57 bits per heavy atom. The van der Waals surface area contributed by atoms with Crippen LogP contribution in [0.15, 0.2) is 0 Å². The summed E-state index contributed by atoms with van der Waals surface area (Å²) in [4.78, 5) is 10.2. The van der Waals surface area contributed by atoms with Gasteiger partial charge in [0.25, 0.3) is 0 Å². The zero-order valence-electron chi connectivity index (χ0n) is 4.31. The highest BCUT2D eigenvalue weighted by atomic mass is 32.2. The quantitative estimate of drug-likeness (QED) is 0.541. The van der Waals surface area contributed by atoms with Crippen molar-refractivity contribution in [1.29, 1.82) is 0 Å². The molecule has 0 aromatic rings. The van der Waals surface area contributed by atoms with E-state index in [-0.39, 0.29) is 5.52 Å². The van der Waals surface area contributed by atoms with Gasteiger partial charge in [-0.3, -0.25) is 4.79 Å². The van der Waals surface area contributed by atoms with Crippen molar-refractivity contribution in [3.63, 3.8) is 0 Å². The maximum Gasteiger partial charge on any atom is 0.149 e. The first-order valence-electron chi connectivity index (χ1n) is 2.04. The van der Waals surface area contributed by atoms with Gasteiger partial charge in [0.15, 0.2) is 0 Å². The van der Waals surface area contributed by atoms with Crippen molar-refractivity contribution in [3.8, 4) is 0 Å². The molecule has 0 spiro atoms. The lowest BCUT2D eigenvalue weighted by Crippen LogP contribution is -1.85. The topological polar surface area (TPSA) is 17.1 Å². The number of hydrogen-bond donors (Lipinski definition) is 0. The van der Waals surface area contributed by atoms with Gasteiger partial charge in [0.1, 0.15) is 5.52 Å². The van der Waals surface area contributed by atoms with Gasteiger partial charge in [-0.05, 0) is 6.26 Å². The van der Waals surface area contributed by atoms with Gasteiger partial charge < -0.3 is 0 Å². The van der Waals surface area contributed by atoms with Crippen LogP contribution in [0.1, 0.15) is 6.42 Å². The van der Waals surface area contributed by atoms with Gasteiger partial charge in [-0.15, -0.1) is 0 Å². The highest BCUT2D eigenvalue weighted by Gasteiger charge is 1.87. The highest BCUT2D eigenvalue weighted by Crippen LogP contribution is 1.99. The fourth-order valence-corrected chi connectivity index (χ4v) is 0.962. The summed E-state index contributed by atoms with van der Waals surface area (Å²) in [6.45, 7) is 0. The third kappa shape index (κ3) is 6.45. The lowest BCUT2D eigenvalue weighted by Gasteiger charge is -1.86. The molecular formula is C4H9OPS. The Bertz CT molecular complexity index is 64.7. The molecule has 0 aromatic carbocycles. The Labute approximate surface area is 50.4 Å². The SMILES string of the molecule is CSCCC(=O)P. The van der Waals surface area contributed by atoms with E-state index in [0.29, 0.717) is 6.42 Å². The molecule has 3 heteroatoms. The predicted octanol–water partition coefficient (Wildman–Crippen LogP) is 1.14. The monoisotopic (exact) mass is 136 g/mol. The normalized spacial score (nSPS) is 8.86. The first-order chi connectivity index (χ1) is 3.27. The lowest BCUT2D eigenvalue weighted by atomic mass is 10.5. The molecule has 0 saturated heterocycles. The Kier molecular flexibility index (Phi) is 4.90. The molecule has 0 bridgehead atoms. The van der Waals surface area contributed by atoms with Crippen LogP contribution in [-0.2, 0) is 4.79 Å². The van der Waals surface area contributed by atoms with Crippen molar-refractivity contribution in [3.05, 3.63) is 0 Å². The number of rotatable bonds is 3. The summed E-state index contributed by atoms with van der Waals surface area (Å²) < 4.78 is 0. The molecule has 7 heavy (non-hydrogen) atoms. The highest BCUT2D eigenvalue weighted by molar-refractivity contribution is 7.98. The van der Waals surface area contributed by atoms with Gasteiger partial charge in [-0.25, -0.2) is 0 Å². The van der Waals surface area contributed by atoms with E-state index in [1.165, 1.54) is 0 Å². The van der Waals surface area contributed by atoms with E-state index in [0.717, 1.165) is 5.75 Å². The summed E-state index contributed by atoms with van der Waals surface area (Å²) in [6, 6.07) is 0. The van der Waals surface area contributed by atoms with Crippen LogP contribution in [0.5, 0.6) is 0 Å². The smallest absolute Gasteiger partial charge is 0.149 e. The van der Waals surface area contributed by atoms with Crippen LogP contribution < -0.4 is 0 Å². The average Bonchev–Trinajstić information content (AvgIpc) is 1.61. The maximum absolute atomic E-state index is 10.2. The molecule has 1 unspecified atom stereocenters. The first kappa shape index (κ1) is 7.45. The van der Waals surface area contributed by atoms with E-state index in [9.17, 15) is 4.79 Å². The summed E-state index contributed by atoms with van der Waals surface area (Å²) in [5.74, 6) is 0.947. The van der Waals surface area contributed by atoms with Gasteiger partial charge in [-0.2, -0.15) is 11.8 Å². The standard InChI is InChI=1S/C4H9OPS/c1-7-3-2-4(5)6/h2-3,6H2,1H3. The van der Waals surface area contributed by atoms with Crippen LogP contribution in [0.25, 0.3) is 0 Å². The van der Waals surface area contributed by atoms with E-state index in [2.05, 4.69) is 9.24 Å². The van der Waals surface area contributed by atoms with Crippen molar-refractivity contribution in [2.24, 2.45) is 0 Å². The number of thioether (sulfide) groups is 1. The van der Waals surface area contributed by atoms with E-state index in [4.69, 9.17) is 0 Å². The first-order valence-corrected chi connectivity index (χ1v) is 4.01. The van der Waals surface area contributed by atoms with Crippen molar-refractivity contribution < 1.29 is 4.79 Å². The second-order valence-corrected chi connectivity index (χ2v) is 2.84. The Balaban J connectivity index is 2.82. The molecular weight excluding hydrogens is 127 g/mol. The van der Waals surface area contributed by atoms with Crippen LogP contribution in [0, 0.1) is 0 Å². The molecule has 1 atom stereocenters. The molecule has 0 radical (unpaired) electrons. The summed E-state index contributed by atoms with van der Waals surface area (Å²) in [6.07, 6.45) is 2.68. The Hall–Kier alpha value is 0.450. The third-order valence-corrected chi connectivity index (χ3v) is 1.45. The van der Waals surface area contributed by atoms with E-state index >= 15 is 0 Å². The van der Waals surface area contributed by atoms with Crippen LogP contribution in [0.2, 0.25) is 0 Å². The number of carbonyl (C=O) groups is 1. The summed E-state index contributed by atoms with van der Waals surface area (Å²) in [5.41, 5.74) is 0.203. The molecule has 42 valence electrons. The molecule has 0 aromatic heterocycles. The van der Waals surface area contributed by atoms with Crippen LogP contribution in [0.4, 0.5) is 0 Å². The zero-order chi connectivity index (χ0) is 5.70. The molecule has 0 N–H and O–H groups in total. The molecule has 0 rings (SSSR count). The van der Waals surface area contributed by atoms with Crippen LogP contribution in [-0.4, -0.2) is 17.5 Å². The minimum atomic E-state index is 0.203. The van der Waals surface area contributed by atoms with E-state index in [1.54, 1.807) is 11.8 Å². The summed E-state index contributed by atoms with van der Waals surface area (Å²) in [5, 5.41) is 0. The molecule has 0 saturated carbocycles. The van der Waals surface area contributed by atoms with Crippen LogP contribution >= 0.6 is 21.0 Å². The Morgan fingerprint density at radius 2 is 2.43 bits per heavy atom. The predicted molar refractivity (Wildman–Crippen MR) is 37.7 cm³/mol. The van der Waals surface area contributed by atoms with Crippen molar-refractivity contribution >= 4 is 26.5 Å². The minimum Gasteiger partial charge on any atom is -0.295 e. The van der Waals surface area contributed by atoms with Crippen LogP contribution in [0.3, 0.4) is 0 Å². The zero-order valence-corrected chi connectivity index (χ0v) is 6.28. The maximum atomic E-state index is 10.2. The molecule has 0 heterocycles. The largest absolute Gasteiger partial charge is 0.295 e. The fraction of sp³-hybridized carbons (Fsp3) is 0.750. The Morgan fingerprint density at radius 1 is 1.86 bits per heavy atom. The van der Waals surface area contributed by atoms with E-state index in [1.807, 2.05) is 6.26 Å². The fourth-order valence-electron chi connectivity index (χ4n) is 0.203. The molecule has 0 aliphatic rings. The van der Waals surface area contributed by atoms with Gasteiger partial charge in [-0.1, -0.05) is 9.24 Å². The second-order valence-electron chi connectivity index (χ2n) is 1.21. The molecule has 0 amide bonds. The second kappa shape index (κ2) is 4.61. The minimum absolute atomic E-state index is 0.203. The van der Waals surface area contributed by atoms with E-state index < -0.39 is 0 Å². The lowest BCUT2D eigenvalue weighted by molar-refractivity contribution is -0.110. The average molecular weight is 136 g/mol. The third-order valence-electron chi connectivity index (χ3n) is 0.553. The molecule has 1 nitrogen and oxygen atoms in total. The van der Waals surface area contributed by atoms with Gasteiger partial charge >= 0.3 is 0 Å². The molecule has 0 fully saturated rings. The van der Waals surface area contributed by atoms with Gasteiger partial charge in [0, 0.05) is 12.2 Å². The van der Waals surface area contributed by atoms with Gasteiger partial charge in [0.2, 0.25) is 0 Å². The molecule has 0 aliphatic heterocycles. The summed E-state index contributed by atoms with van der Waals surface area (Å²) in [7, 11) is 2.16. The van der Waals surface area contributed by atoms with Gasteiger partial charge in [0.05, 0.1) is 0 Å². The number of carbonyl (C=O) groups excluding carboxylic acids is 1. The summed E-state index contributed by atoms with van der Waals surface area (Å²) >= 11 is 1.70. The molecule has 0 aliphatic carbocycles. The van der Waals surface area contributed by atoms with Crippen molar-refractivity contribution in [2.45, 2.75) is 6.42 Å².